The summed E-state index contributed by atoms with van der Waals surface area (Å²) in [5.41, 5.74) is 9.68. The Morgan fingerprint density at radius 3 is 2.48 bits per heavy atom. The number of anilines is 2. The van der Waals surface area contributed by atoms with Gasteiger partial charge < -0.3 is 21.7 Å². The second-order valence-corrected chi connectivity index (χ2v) is 10.4. The normalized spacial score (nSPS) is 13.9. The molecule has 2 aromatic heterocycles. The number of nitrogen functional groups attached to an aromatic ring is 1. The predicted octanol–water partition coefficient (Wildman–Crippen LogP) is 1.27. The van der Waals surface area contributed by atoms with Gasteiger partial charge in [-0.15, -0.1) is 0 Å². The molecule has 0 unspecified atom stereocenters. The van der Waals surface area contributed by atoms with Gasteiger partial charge in [0.1, 0.15) is 29.1 Å². The highest BCUT2D eigenvalue weighted by molar-refractivity contribution is 5.97. The van der Waals surface area contributed by atoms with Crippen LogP contribution in [0.15, 0.2) is 67.7 Å². The molecule has 0 saturated heterocycles. The third-order valence-electron chi connectivity index (χ3n) is 7.69. The molecule has 14 nitrogen and oxygen atoms in total. The number of aromatic nitrogens is 4. The molecule has 44 heavy (non-hydrogen) atoms. The van der Waals surface area contributed by atoms with Crippen LogP contribution in [0.2, 0.25) is 0 Å². The first-order valence-corrected chi connectivity index (χ1v) is 13.7. The van der Waals surface area contributed by atoms with Gasteiger partial charge in [0.15, 0.2) is 5.82 Å². The van der Waals surface area contributed by atoms with E-state index in [-0.39, 0.29) is 41.9 Å². The van der Waals surface area contributed by atoms with Crippen molar-refractivity contribution >= 4 is 23.2 Å². The van der Waals surface area contributed by atoms with Crippen LogP contribution in [0, 0.1) is 6.92 Å². The van der Waals surface area contributed by atoms with Gasteiger partial charge in [0, 0.05) is 24.7 Å². The average Bonchev–Trinajstić information content (AvgIpc) is 3.66. The molecule has 0 aliphatic heterocycles. The van der Waals surface area contributed by atoms with E-state index in [0.717, 1.165) is 39.8 Å². The van der Waals surface area contributed by atoms with Gasteiger partial charge in [0.2, 0.25) is 0 Å². The van der Waals surface area contributed by atoms with Crippen molar-refractivity contribution in [2.24, 2.45) is 0 Å². The van der Waals surface area contributed by atoms with Gasteiger partial charge in [-0.3, -0.25) is 28.7 Å². The van der Waals surface area contributed by atoms with Gasteiger partial charge in [-0.1, -0.05) is 41.6 Å². The van der Waals surface area contributed by atoms with E-state index in [4.69, 9.17) is 5.73 Å². The Morgan fingerprint density at radius 1 is 1.00 bits per heavy atom. The lowest BCUT2D eigenvalue weighted by Crippen LogP contribution is -2.36. The van der Waals surface area contributed by atoms with Crippen molar-refractivity contribution in [1.82, 2.24) is 30.7 Å². The average molecular weight is 595 g/mol. The first-order chi connectivity index (χ1) is 21.2. The van der Waals surface area contributed by atoms with E-state index < -0.39 is 28.4 Å². The second kappa shape index (κ2) is 11.4. The van der Waals surface area contributed by atoms with Crippen molar-refractivity contribution in [1.29, 1.82) is 0 Å². The zero-order valence-electron chi connectivity index (χ0n) is 23.4. The van der Waals surface area contributed by atoms with Gasteiger partial charge in [0.05, 0.1) is 6.04 Å². The summed E-state index contributed by atoms with van der Waals surface area (Å²) in [6, 6.07) is 12.1. The minimum Gasteiger partial charge on any atom is -0.394 e. The van der Waals surface area contributed by atoms with Crippen molar-refractivity contribution in [3.05, 3.63) is 119 Å². The lowest BCUT2D eigenvalue weighted by molar-refractivity contribution is 0.0931. The number of fused-ring (bicyclic) bond motifs is 1. The Balaban J connectivity index is 1.07. The minimum absolute atomic E-state index is 0.0347. The van der Waals surface area contributed by atoms with Gasteiger partial charge in [-0.05, 0) is 47.6 Å². The first-order valence-electron chi connectivity index (χ1n) is 13.7. The monoisotopic (exact) mass is 594 g/mol. The van der Waals surface area contributed by atoms with Crippen LogP contribution in [0.5, 0.6) is 0 Å². The lowest BCUT2D eigenvalue weighted by atomic mass is 9.97. The van der Waals surface area contributed by atoms with Crippen molar-refractivity contribution in [3.63, 3.8) is 0 Å². The van der Waals surface area contributed by atoms with Gasteiger partial charge >= 0.3 is 5.76 Å². The summed E-state index contributed by atoms with van der Waals surface area (Å²) in [4.78, 5) is 70.9. The maximum Gasteiger partial charge on any atom is 0.439 e. The molecule has 6 N–H and O–H groups in total. The molecule has 0 bridgehead atoms. The van der Waals surface area contributed by atoms with Crippen LogP contribution in [-0.4, -0.2) is 31.9 Å². The fraction of sp³-hybridized carbons (Fsp3) is 0.200. The number of benzene rings is 2. The fourth-order valence-electron chi connectivity index (χ4n) is 5.37. The van der Waals surface area contributed by atoms with Crippen molar-refractivity contribution in [2.45, 2.75) is 38.9 Å². The Morgan fingerprint density at radius 2 is 1.75 bits per heavy atom. The summed E-state index contributed by atoms with van der Waals surface area (Å²) in [6.45, 7) is 2.39. The minimum atomic E-state index is -0.688. The van der Waals surface area contributed by atoms with Crippen LogP contribution in [0.4, 0.5) is 11.4 Å². The zero-order chi connectivity index (χ0) is 31.0. The molecule has 1 aliphatic rings. The molecule has 0 fully saturated rings. The Labute approximate surface area is 248 Å². The zero-order valence-corrected chi connectivity index (χ0v) is 23.4. The standard InChI is InChI=1S/C30H26N8O6/c1-14-17-7-8-20(19(17)6-5-18(14)27-37-30(43)44-38-27)36-29(42)22-10-21(34-13-35-22)28(41)33-12-16-4-2-3-15(9-16)11-32-24-23(31)25(39)26(24)40/h2-6,9-10,13,20,32H,7-8,11-12,31H2,1H3,(H,33,41)(H,36,42)(H,37,38,43)/t20-/m0/s1. The van der Waals surface area contributed by atoms with Gasteiger partial charge in [-0.2, -0.15) is 0 Å². The smallest absolute Gasteiger partial charge is 0.394 e. The second-order valence-electron chi connectivity index (χ2n) is 10.4. The molecule has 5 aromatic rings. The van der Waals surface area contributed by atoms with Crippen LogP contribution >= 0.6 is 0 Å². The molecule has 2 amide bonds. The Hall–Kier alpha value is -5.92. The van der Waals surface area contributed by atoms with E-state index in [2.05, 4.69) is 40.6 Å². The quantitative estimate of drug-likeness (QED) is 0.153. The summed E-state index contributed by atoms with van der Waals surface area (Å²) in [5.74, 6) is -1.21. The molecule has 14 heteroatoms. The van der Waals surface area contributed by atoms with Crippen molar-refractivity contribution in [3.8, 4) is 11.4 Å². The highest BCUT2D eigenvalue weighted by atomic mass is 16.5. The maximum absolute atomic E-state index is 13.1. The van der Waals surface area contributed by atoms with Crippen LogP contribution in [0.1, 0.15) is 61.3 Å². The largest absolute Gasteiger partial charge is 0.439 e. The molecule has 0 radical (unpaired) electrons. The highest BCUT2D eigenvalue weighted by Crippen LogP contribution is 2.37. The number of hydrogen-bond acceptors (Lipinski definition) is 11. The Kier molecular flexibility index (Phi) is 7.31. The molecule has 2 heterocycles. The number of rotatable bonds is 9. The number of nitrogens with two attached hydrogens (primary N) is 1. The highest BCUT2D eigenvalue weighted by Gasteiger charge is 2.28. The topological polar surface area (TPSA) is 215 Å². The molecule has 0 spiro atoms. The van der Waals surface area contributed by atoms with E-state index in [1.165, 1.54) is 12.4 Å². The Bertz CT molecular complexity index is 2060. The molecule has 3 aromatic carbocycles. The van der Waals surface area contributed by atoms with Gasteiger partial charge in [0.25, 0.3) is 22.7 Å². The van der Waals surface area contributed by atoms with Crippen LogP contribution in [0.25, 0.3) is 11.4 Å². The fourth-order valence-corrected chi connectivity index (χ4v) is 5.37. The number of nitrogens with one attached hydrogen (secondary N) is 4. The van der Waals surface area contributed by atoms with Gasteiger partial charge in [-0.25, -0.2) is 14.8 Å². The third-order valence-corrected chi connectivity index (χ3v) is 7.69. The SMILES string of the molecule is Cc1c(-c2noc(=O)[nH]2)ccc2c1CC[C@@H]2NC(=O)c1cc(C(=O)NCc2cccc(CNc3c(N)c(=O)c3=O)c2)ncn1. The summed E-state index contributed by atoms with van der Waals surface area (Å²) in [6.07, 6.45) is 2.56. The molecular weight excluding hydrogens is 568 g/mol. The maximum atomic E-state index is 13.1. The lowest BCUT2D eigenvalue weighted by Gasteiger charge is -2.15. The summed E-state index contributed by atoms with van der Waals surface area (Å²) in [5, 5.41) is 12.4. The number of amides is 2. The molecular formula is C30H26N8O6. The number of aromatic amines is 1. The molecule has 0 saturated carbocycles. The predicted molar refractivity (Wildman–Crippen MR) is 159 cm³/mol. The molecule has 1 aliphatic carbocycles. The number of carbonyl (C=O) groups is 2. The number of carbonyl (C=O) groups excluding carboxylic acids is 2. The molecule has 1 atom stereocenters. The molecule has 6 rings (SSSR count). The summed E-state index contributed by atoms with van der Waals surface area (Å²) in [7, 11) is 0. The molecule has 222 valence electrons. The third kappa shape index (κ3) is 5.35. The van der Waals surface area contributed by atoms with E-state index in [1.807, 2.05) is 37.3 Å². The van der Waals surface area contributed by atoms with E-state index >= 15 is 0 Å². The summed E-state index contributed by atoms with van der Waals surface area (Å²) >= 11 is 0. The van der Waals surface area contributed by atoms with E-state index in [0.29, 0.717) is 12.2 Å². The van der Waals surface area contributed by atoms with E-state index in [9.17, 15) is 24.0 Å². The number of nitrogens with zero attached hydrogens (tertiary/aromatic N) is 3. The van der Waals surface area contributed by atoms with Crippen LogP contribution in [0.3, 0.4) is 0 Å². The van der Waals surface area contributed by atoms with Crippen LogP contribution in [-0.2, 0) is 19.5 Å². The van der Waals surface area contributed by atoms with Crippen LogP contribution < -0.4 is 38.3 Å². The number of H-pyrrole nitrogens is 1. The van der Waals surface area contributed by atoms with E-state index in [1.54, 1.807) is 6.07 Å². The number of hydrogen-bond donors (Lipinski definition) is 5. The first kappa shape index (κ1) is 28.2. The van der Waals surface area contributed by atoms with Crippen molar-refractivity contribution in [2.75, 3.05) is 11.1 Å². The summed E-state index contributed by atoms with van der Waals surface area (Å²) < 4.78 is 4.63. The van der Waals surface area contributed by atoms with Crippen molar-refractivity contribution < 1.29 is 14.1 Å².